The molecule has 0 N–H and O–H groups in total. The maximum absolute atomic E-state index is 5.30. The molecule has 0 aliphatic rings. The summed E-state index contributed by atoms with van der Waals surface area (Å²) in [4.78, 5) is 0. The van der Waals surface area contributed by atoms with Gasteiger partial charge in [0.25, 0.3) is 0 Å². The Kier molecular flexibility index (Phi) is 35.6. The minimum atomic E-state index is 0. The molecule has 0 radical (unpaired) electrons. The van der Waals surface area contributed by atoms with Crippen molar-refractivity contribution in [2.24, 2.45) is 0 Å². The number of halogens is 1. The van der Waals surface area contributed by atoms with Crippen LogP contribution in [0.5, 0.6) is 0 Å². The van der Waals surface area contributed by atoms with Crippen molar-refractivity contribution in [3.63, 3.8) is 0 Å². The Balaban J connectivity index is -0.0000000800. The molecule has 0 aromatic carbocycles. The van der Waals surface area contributed by atoms with Crippen LogP contribution in [0.2, 0.25) is 0 Å². The maximum atomic E-state index is 5.30. The molecule has 7 heavy (non-hydrogen) atoms. The highest BCUT2D eigenvalue weighted by Gasteiger charge is 1.70. The molecule has 0 aliphatic carbocycles. The molecule has 0 amide bonds. The Morgan fingerprint density at radius 3 is 1.71 bits per heavy atom. The first-order chi connectivity index (χ1) is 2.41. The molecule has 0 saturated heterocycles. The van der Waals surface area contributed by atoms with Crippen molar-refractivity contribution >= 4 is 57.7 Å². The molecule has 0 aliphatic heterocycles. The second kappa shape index (κ2) is 15.7. The lowest BCUT2D eigenvalue weighted by atomic mass is 10.4. The van der Waals surface area contributed by atoms with Gasteiger partial charge < -0.3 is 0 Å². The van der Waals surface area contributed by atoms with Gasteiger partial charge in [-0.15, -0.1) is 11.6 Å². The molecule has 0 atom stereocenters. The zero-order chi connectivity index (χ0) is 4.12. The Hall–Kier alpha value is 1.82. The van der Waals surface area contributed by atoms with Crippen LogP contribution in [-0.4, -0.2) is 52.0 Å². The van der Waals surface area contributed by atoms with Gasteiger partial charge in [-0.3, -0.25) is 0 Å². The summed E-state index contributed by atoms with van der Waals surface area (Å²) in [5.41, 5.74) is 0. The van der Waals surface area contributed by atoms with E-state index in [2.05, 4.69) is 6.92 Å². The molecule has 0 saturated carbocycles. The Morgan fingerprint density at radius 1 is 1.29 bits per heavy atom. The topological polar surface area (TPSA) is 0 Å². The molecule has 0 nitrogen and oxygen atoms in total. The highest BCUT2D eigenvalue weighted by atomic mass is 35.5. The van der Waals surface area contributed by atoms with Gasteiger partial charge >= 0.3 is 46.1 Å². The van der Waals surface area contributed by atoms with E-state index in [0.29, 0.717) is 0 Å². The van der Waals surface area contributed by atoms with Crippen LogP contribution in [0.4, 0.5) is 0 Å². The van der Waals surface area contributed by atoms with Crippen LogP contribution in [0.3, 0.4) is 0 Å². The lowest BCUT2D eigenvalue weighted by molar-refractivity contribution is 0.892. The molecule has 3 heteroatoms. The van der Waals surface area contributed by atoms with E-state index >= 15 is 0 Å². The molecule has 0 rings (SSSR count). The predicted molar refractivity (Wildman–Crippen MR) is 42.7 cm³/mol. The van der Waals surface area contributed by atoms with Crippen LogP contribution in [0, 0.1) is 0 Å². The normalized spacial score (nSPS) is 6.00. The molecule has 0 bridgehead atoms. The van der Waals surface area contributed by atoms with E-state index in [1.54, 1.807) is 0 Å². The van der Waals surface area contributed by atoms with Gasteiger partial charge in [0.2, 0.25) is 0 Å². The van der Waals surface area contributed by atoms with E-state index in [9.17, 15) is 0 Å². The number of hydrogen-bond donors (Lipinski definition) is 0. The highest BCUT2D eigenvalue weighted by Crippen LogP contribution is 1.86. The fourth-order valence-corrected chi connectivity index (χ4v) is 0.401. The first-order valence-electron chi connectivity index (χ1n) is 1.97. The second-order valence-corrected chi connectivity index (χ2v) is 1.42. The largest absolute Gasteiger partial charge is 0.316 e. The summed E-state index contributed by atoms with van der Waals surface area (Å²) in [6.07, 6.45) is 2.37. The van der Waals surface area contributed by atoms with Gasteiger partial charge in [0.05, 0.1) is 0 Å². The smallest absolute Gasteiger partial charge is 0.127 e. The standard InChI is InChI=1S/C4H9Cl.2Mg.4H/c1-2-3-4-5;;;;;;/h2-4H2,1H3;;;;;;. The predicted octanol–water partition coefficient (Wildman–Crippen LogP) is 0.193. The third kappa shape index (κ3) is 18.1. The summed E-state index contributed by atoms with van der Waals surface area (Å²) >= 11 is 5.30. The highest BCUT2D eigenvalue weighted by molar-refractivity contribution is 6.17. The number of alkyl halides is 1. The molecule has 0 aromatic rings. The van der Waals surface area contributed by atoms with Gasteiger partial charge in [0.15, 0.2) is 0 Å². The van der Waals surface area contributed by atoms with Gasteiger partial charge in [0.1, 0.15) is 0 Å². The van der Waals surface area contributed by atoms with E-state index < -0.39 is 0 Å². The minimum Gasteiger partial charge on any atom is -0.127 e. The van der Waals surface area contributed by atoms with Crippen LogP contribution in [0.15, 0.2) is 0 Å². The first kappa shape index (κ1) is 15.9. The molecule has 0 fully saturated rings. The van der Waals surface area contributed by atoms with Gasteiger partial charge in [0, 0.05) is 5.88 Å². The van der Waals surface area contributed by atoms with Crippen molar-refractivity contribution in [2.75, 3.05) is 5.88 Å². The van der Waals surface area contributed by atoms with Crippen molar-refractivity contribution in [3.8, 4) is 0 Å². The molecule has 0 spiro atoms. The summed E-state index contributed by atoms with van der Waals surface area (Å²) in [6, 6.07) is 0. The fourth-order valence-electron chi connectivity index (χ4n) is 0.134. The van der Waals surface area contributed by atoms with Gasteiger partial charge in [-0.1, -0.05) is 13.3 Å². The Bertz CT molecular complexity index is 17.2. The lowest BCUT2D eigenvalue weighted by Gasteiger charge is -1.77. The van der Waals surface area contributed by atoms with E-state index in [-0.39, 0.29) is 46.1 Å². The van der Waals surface area contributed by atoms with Crippen molar-refractivity contribution in [1.82, 2.24) is 0 Å². The third-order valence-corrected chi connectivity index (χ3v) is 0.754. The van der Waals surface area contributed by atoms with E-state index in [0.717, 1.165) is 12.3 Å². The van der Waals surface area contributed by atoms with E-state index in [1.165, 1.54) is 6.42 Å². The van der Waals surface area contributed by atoms with Gasteiger partial charge in [-0.25, -0.2) is 0 Å². The molecule has 0 aromatic heterocycles. The van der Waals surface area contributed by atoms with Gasteiger partial charge in [-0.05, 0) is 6.42 Å². The second-order valence-electron chi connectivity index (χ2n) is 1.04. The summed E-state index contributed by atoms with van der Waals surface area (Å²) in [6.45, 7) is 2.13. The van der Waals surface area contributed by atoms with Crippen LogP contribution >= 0.6 is 11.6 Å². The van der Waals surface area contributed by atoms with E-state index in [1.807, 2.05) is 0 Å². The molecular weight excluding hydrogens is 132 g/mol. The lowest BCUT2D eigenvalue weighted by Crippen LogP contribution is -1.65. The Morgan fingerprint density at radius 2 is 1.71 bits per heavy atom. The summed E-state index contributed by atoms with van der Waals surface area (Å²) in [5.74, 6) is 0.816. The summed E-state index contributed by atoms with van der Waals surface area (Å²) in [7, 11) is 0. The van der Waals surface area contributed by atoms with E-state index in [4.69, 9.17) is 11.6 Å². The molecular formula is C4H13ClMg2. The first-order valence-corrected chi connectivity index (χ1v) is 2.51. The molecule has 0 unspecified atom stereocenters. The number of rotatable bonds is 2. The van der Waals surface area contributed by atoms with Crippen molar-refractivity contribution in [2.45, 2.75) is 19.8 Å². The van der Waals surface area contributed by atoms with Gasteiger partial charge in [-0.2, -0.15) is 0 Å². The van der Waals surface area contributed by atoms with Crippen molar-refractivity contribution in [3.05, 3.63) is 0 Å². The van der Waals surface area contributed by atoms with Crippen LogP contribution in [-0.2, 0) is 0 Å². The monoisotopic (exact) mass is 144 g/mol. The zero-order valence-electron chi connectivity index (χ0n) is 3.50. The average molecular weight is 145 g/mol. The summed E-state index contributed by atoms with van der Waals surface area (Å²) < 4.78 is 0. The number of unbranched alkanes of at least 4 members (excludes halogenated alkanes) is 1. The van der Waals surface area contributed by atoms with Crippen LogP contribution in [0.1, 0.15) is 19.8 Å². The van der Waals surface area contributed by atoms with Crippen molar-refractivity contribution in [1.29, 1.82) is 0 Å². The summed E-state index contributed by atoms with van der Waals surface area (Å²) in [5, 5.41) is 0. The molecule has 0 heterocycles. The van der Waals surface area contributed by atoms with Crippen molar-refractivity contribution < 1.29 is 0 Å². The zero-order valence-corrected chi connectivity index (χ0v) is 4.26. The average Bonchev–Trinajstić information content (AvgIpc) is 1.41. The molecule has 40 valence electrons. The maximum Gasteiger partial charge on any atom is 0.316 e. The third-order valence-electron chi connectivity index (χ3n) is 0.487. The van der Waals surface area contributed by atoms with Crippen LogP contribution < -0.4 is 0 Å². The Labute approximate surface area is 82.7 Å². The SMILES string of the molecule is CCCCCl.[MgH2].[MgH2]. The minimum absolute atomic E-state index is 0. The quantitative estimate of drug-likeness (QED) is 0.384. The fraction of sp³-hybridized carbons (Fsp3) is 1.00. The van der Waals surface area contributed by atoms with Crippen LogP contribution in [0.25, 0.3) is 0 Å². The number of hydrogen-bond acceptors (Lipinski definition) is 0.